The molecule has 1 aromatic carbocycles. The number of rotatable bonds is 3. The Kier molecular flexibility index (Phi) is 3.77. The minimum Gasteiger partial charge on any atom is -0.368 e. The number of aromatic nitrogens is 2. The Morgan fingerprint density at radius 1 is 1.21 bits per heavy atom. The van der Waals surface area contributed by atoms with Gasteiger partial charge in [-0.3, -0.25) is 0 Å². The van der Waals surface area contributed by atoms with Crippen molar-refractivity contribution in [2.24, 2.45) is 0 Å². The van der Waals surface area contributed by atoms with Gasteiger partial charge >= 0.3 is 0 Å². The van der Waals surface area contributed by atoms with Crippen molar-refractivity contribution < 1.29 is 8.42 Å². The van der Waals surface area contributed by atoms with Gasteiger partial charge in [0.2, 0.25) is 5.95 Å². The fraction of sp³-hybridized carbons (Fsp3) is 0.167. The van der Waals surface area contributed by atoms with E-state index in [0.29, 0.717) is 4.90 Å². The van der Waals surface area contributed by atoms with Gasteiger partial charge in [-0.05, 0) is 31.2 Å². The summed E-state index contributed by atoms with van der Waals surface area (Å²) in [6.45, 7) is 1.90. The Morgan fingerprint density at radius 3 is 2.42 bits per heavy atom. The highest BCUT2D eigenvalue weighted by Gasteiger charge is 2.08. The molecule has 0 saturated heterocycles. The number of aryl methyl sites for hydroxylation is 1. The van der Waals surface area contributed by atoms with Gasteiger partial charge in [-0.15, -0.1) is 0 Å². The second-order valence-electron chi connectivity index (χ2n) is 4.06. The van der Waals surface area contributed by atoms with E-state index in [0.717, 1.165) is 15.5 Å². The van der Waals surface area contributed by atoms with Gasteiger partial charge in [0.15, 0.2) is 9.84 Å². The van der Waals surface area contributed by atoms with Crippen LogP contribution in [0.2, 0.25) is 0 Å². The third-order valence-electron chi connectivity index (χ3n) is 2.41. The van der Waals surface area contributed by atoms with Gasteiger partial charge in [-0.1, -0.05) is 11.8 Å². The smallest absolute Gasteiger partial charge is 0.221 e. The molecule has 0 fully saturated rings. The van der Waals surface area contributed by atoms with Crippen molar-refractivity contribution in [1.29, 1.82) is 0 Å². The maximum absolute atomic E-state index is 11.4. The molecule has 0 spiro atoms. The lowest BCUT2D eigenvalue weighted by molar-refractivity contribution is 0.602. The summed E-state index contributed by atoms with van der Waals surface area (Å²) >= 11 is 1.42. The molecule has 0 unspecified atom stereocenters. The van der Waals surface area contributed by atoms with Crippen LogP contribution in [-0.4, -0.2) is 24.6 Å². The summed E-state index contributed by atoms with van der Waals surface area (Å²) < 4.78 is 22.7. The molecule has 7 heteroatoms. The van der Waals surface area contributed by atoms with Crippen LogP contribution in [0, 0.1) is 6.92 Å². The summed E-state index contributed by atoms with van der Waals surface area (Å²) in [6.07, 6.45) is 2.85. The first-order valence-corrected chi connectivity index (χ1v) is 8.14. The van der Waals surface area contributed by atoms with E-state index in [2.05, 4.69) is 9.97 Å². The third kappa shape index (κ3) is 3.45. The van der Waals surface area contributed by atoms with Gasteiger partial charge in [0.25, 0.3) is 0 Å². The van der Waals surface area contributed by atoms with E-state index >= 15 is 0 Å². The highest BCUT2D eigenvalue weighted by Crippen LogP contribution is 2.29. The van der Waals surface area contributed by atoms with Gasteiger partial charge in [-0.2, -0.15) is 0 Å². The Labute approximate surface area is 116 Å². The van der Waals surface area contributed by atoms with Crippen LogP contribution >= 0.6 is 11.8 Å². The van der Waals surface area contributed by atoms with Crippen LogP contribution in [0.25, 0.3) is 0 Å². The Morgan fingerprint density at radius 2 is 1.84 bits per heavy atom. The first-order valence-electron chi connectivity index (χ1n) is 5.43. The number of nitrogens with zero attached hydrogens (tertiary/aromatic N) is 2. The molecule has 0 aliphatic carbocycles. The molecule has 0 saturated carbocycles. The number of nitrogen functional groups attached to an aromatic ring is 1. The van der Waals surface area contributed by atoms with Gasteiger partial charge in [0.1, 0.15) is 5.03 Å². The molecule has 0 radical (unpaired) electrons. The lowest BCUT2D eigenvalue weighted by Gasteiger charge is -2.05. The van der Waals surface area contributed by atoms with Gasteiger partial charge in [-0.25, -0.2) is 18.4 Å². The van der Waals surface area contributed by atoms with E-state index in [4.69, 9.17) is 5.73 Å². The van der Waals surface area contributed by atoms with E-state index in [1.807, 2.05) is 6.92 Å². The third-order valence-corrected chi connectivity index (χ3v) is 4.65. The van der Waals surface area contributed by atoms with Gasteiger partial charge in [0.05, 0.1) is 4.90 Å². The van der Waals surface area contributed by atoms with Crippen molar-refractivity contribution in [2.45, 2.75) is 21.7 Å². The molecule has 0 aliphatic rings. The van der Waals surface area contributed by atoms with Gasteiger partial charge < -0.3 is 5.73 Å². The molecule has 19 heavy (non-hydrogen) atoms. The molecule has 2 N–H and O–H groups in total. The highest BCUT2D eigenvalue weighted by molar-refractivity contribution is 7.99. The second-order valence-corrected chi connectivity index (χ2v) is 7.14. The predicted octanol–water partition coefficient (Wildman–Crippen LogP) is 1.92. The standard InChI is InChI=1S/C12H13N3O2S2/c1-8-7-14-12(13)15-11(8)18-9-3-5-10(6-4-9)19(2,16)17/h3-7H,1-2H3,(H2,13,14,15). The van der Waals surface area contributed by atoms with Crippen LogP contribution in [-0.2, 0) is 9.84 Å². The Balaban J connectivity index is 2.27. The van der Waals surface area contributed by atoms with Crippen LogP contribution in [0.3, 0.4) is 0 Å². The molecule has 1 aromatic heterocycles. The maximum Gasteiger partial charge on any atom is 0.221 e. The summed E-state index contributed by atoms with van der Waals surface area (Å²) in [4.78, 5) is 9.25. The molecular formula is C12H13N3O2S2. The first kappa shape index (κ1) is 13.8. The largest absolute Gasteiger partial charge is 0.368 e. The normalized spacial score (nSPS) is 11.5. The number of hydrogen-bond acceptors (Lipinski definition) is 6. The summed E-state index contributed by atoms with van der Waals surface area (Å²) in [6, 6.07) is 6.66. The quantitative estimate of drug-likeness (QED) is 0.871. The monoisotopic (exact) mass is 295 g/mol. The van der Waals surface area contributed by atoms with Crippen LogP contribution in [0.4, 0.5) is 5.95 Å². The van der Waals surface area contributed by atoms with Crippen LogP contribution in [0.1, 0.15) is 5.56 Å². The number of anilines is 1. The minimum atomic E-state index is -3.16. The zero-order valence-corrected chi connectivity index (χ0v) is 12.1. The number of sulfone groups is 1. The van der Waals surface area contributed by atoms with E-state index in [-0.39, 0.29) is 5.95 Å². The van der Waals surface area contributed by atoms with Crippen molar-refractivity contribution >= 4 is 27.5 Å². The average molecular weight is 295 g/mol. The number of nitrogens with two attached hydrogens (primary N) is 1. The molecule has 5 nitrogen and oxygen atoms in total. The molecule has 100 valence electrons. The van der Waals surface area contributed by atoms with E-state index in [9.17, 15) is 8.42 Å². The SMILES string of the molecule is Cc1cnc(N)nc1Sc1ccc(S(C)(=O)=O)cc1. The zero-order valence-electron chi connectivity index (χ0n) is 10.5. The van der Waals surface area contributed by atoms with Crippen LogP contribution in [0.15, 0.2) is 45.3 Å². The molecule has 2 rings (SSSR count). The predicted molar refractivity (Wildman–Crippen MR) is 74.9 cm³/mol. The fourth-order valence-corrected chi connectivity index (χ4v) is 2.89. The molecule has 0 amide bonds. The molecule has 0 aliphatic heterocycles. The summed E-state index contributed by atoms with van der Waals surface area (Å²) in [5.41, 5.74) is 6.47. The minimum absolute atomic E-state index is 0.223. The van der Waals surface area contributed by atoms with Crippen LogP contribution < -0.4 is 5.73 Å². The molecule has 0 bridgehead atoms. The summed E-state index contributed by atoms with van der Waals surface area (Å²) in [7, 11) is -3.16. The van der Waals surface area contributed by atoms with E-state index in [1.165, 1.54) is 18.0 Å². The zero-order chi connectivity index (χ0) is 14.0. The molecule has 2 aromatic rings. The first-order chi connectivity index (χ1) is 8.86. The van der Waals surface area contributed by atoms with Crippen molar-refractivity contribution in [3.63, 3.8) is 0 Å². The van der Waals surface area contributed by atoms with E-state index in [1.54, 1.807) is 30.5 Å². The van der Waals surface area contributed by atoms with Crippen molar-refractivity contribution in [1.82, 2.24) is 9.97 Å². The van der Waals surface area contributed by atoms with Crippen molar-refractivity contribution in [3.05, 3.63) is 36.0 Å². The van der Waals surface area contributed by atoms with Crippen molar-refractivity contribution in [2.75, 3.05) is 12.0 Å². The Bertz CT molecular complexity index is 697. The number of hydrogen-bond donors (Lipinski definition) is 1. The van der Waals surface area contributed by atoms with Crippen LogP contribution in [0.5, 0.6) is 0 Å². The molecular weight excluding hydrogens is 282 g/mol. The number of benzene rings is 1. The summed E-state index contributed by atoms with van der Waals surface area (Å²) in [5.74, 6) is 0.223. The second kappa shape index (κ2) is 5.18. The fourth-order valence-electron chi connectivity index (χ4n) is 1.41. The molecule has 1 heterocycles. The lowest BCUT2D eigenvalue weighted by atomic mass is 10.4. The summed E-state index contributed by atoms with van der Waals surface area (Å²) in [5, 5.41) is 0.764. The average Bonchev–Trinajstić information content (AvgIpc) is 2.33. The van der Waals surface area contributed by atoms with Crippen molar-refractivity contribution in [3.8, 4) is 0 Å². The Hall–Kier alpha value is -1.60. The lowest BCUT2D eigenvalue weighted by Crippen LogP contribution is -1.97. The maximum atomic E-state index is 11.4. The topological polar surface area (TPSA) is 85.9 Å². The van der Waals surface area contributed by atoms with Gasteiger partial charge in [0, 0.05) is 22.9 Å². The van der Waals surface area contributed by atoms with E-state index < -0.39 is 9.84 Å². The molecule has 0 atom stereocenters. The highest BCUT2D eigenvalue weighted by atomic mass is 32.2.